The lowest BCUT2D eigenvalue weighted by atomic mass is 10.2. The van der Waals surface area contributed by atoms with E-state index in [1.54, 1.807) is 43.3 Å². The first kappa shape index (κ1) is 20.8. The number of hydrogen-bond acceptors (Lipinski definition) is 4. The molecule has 0 saturated heterocycles. The lowest BCUT2D eigenvalue weighted by molar-refractivity contribution is -0.124. The summed E-state index contributed by atoms with van der Waals surface area (Å²) in [5, 5.41) is 8.78. The first-order valence-corrected chi connectivity index (χ1v) is 9.05. The molecule has 0 N–H and O–H groups in total. The third-order valence-electron chi connectivity index (χ3n) is 4.32. The van der Waals surface area contributed by atoms with E-state index in [2.05, 4.69) is 0 Å². The van der Waals surface area contributed by atoms with Crippen LogP contribution in [0.1, 0.15) is 12.5 Å². The van der Waals surface area contributed by atoms with Crippen molar-refractivity contribution in [3.63, 3.8) is 0 Å². The van der Waals surface area contributed by atoms with Crippen molar-refractivity contribution >= 4 is 11.6 Å². The fourth-order valence-corrected chi connectivity index (χ4v) is 2.74. The topological polar surface area (TPSA) is 62.6 Å². The van der Waals surface area contributed by atoms with Crippen molar-refractivity contribution in [3.8, 4) is 23.3 Å². The van der Waals surface area contributed by atoms with Crippen LogP contribution < -0.4 is 14.4 Å². The van der Waals surface area contributed by atoms with Gasteiger partial charge >= 0.3 is 0 Å². The zero-order chi connectivity index (χ0) is 21.7. The minimum Gasteiger partial charge on any atom is -0.481 e. The Balaban J connectivity index is 1.64. The van der Waals surface area contributed by atoms with Gasteiger partial charge in [0.25, 0.3) is 5.91 Å². The highest BCUT2D eigenvalue weighted by molar-refractivity contribution is 5.96. The molecular formula is C23H18F2N2O3. The molecule has 0 aliphatic carbocycles. The Hall–Kier alpha value is -3.92. The maximum atomic E-state index is 13.9. The van der Waals surface area contributed by atoms with Gasteiger partial charge in [-0.3, -0.25) is 4.79 Å². The number of ether oxygens (including phenoxy) is 2. The molecule has 3 aromatic carbocycles. The number of hydrogen-bond donors (Lipinski definition) is 0. The van der Waals surface area contributed by atoms with E-state index in [9.17, 15) is 13.6 Å². The molecule has 3 rings (SSSR count). The Morgan fingerprint density at radius 3 is 2.30 bits per heavy atom. The molecule has 0 heterocycles. The number of likely N-dealkylation sites (N-methyl/N-ethyl adjacent to an activating group) is 1. The van der Waals surface area contributed by atoms with Crippen molar-refractivity contribution in [2.75, 3.05) is 11.9 Å². The van der Waals surface area contributed by atoms with E-state index in [4.69, 9.17) is 14.7 Å². The quantitative estimate of drug-likeness (QED) is 0.572. The van der Waals surface area contributed by atoms with Gasteiger partial charge in [-0.2, -0.15) is 5.26 Å². The summed E-state index contributed by atoms with van der Waals surface area (Å²) in [6.07, 6.45) is -0.864. The Bertz CT molecular complexity index is 1090. The van der Waals surface area contributed by atoms with Crippen molar-refractivity contribution in [1.82, 2.24) is 0 Å². The summed E-state index contributed by atoms with van der Waals surface area (Å²) < 4.78 is 38.9. The Morgan fingerprint density at radius 1 is 1.00 bits per heavy atom. The third kappa shape index (κ3) is 4.73. The molecule has 0 aliphatic rings. The second kappa shape index (κ2) is 9.05. The number of benzene rings is 3. The van der Waals surface area contributed by atoms with E-state index >= 15 is 0 Å². The molecule has 152 valence electrons. The number of carbonyl (C=O) groups excluding carboxylic acids is 1. The predicted molar refractivity (Wildman–Crippen MR) is 108 cm³/mol. The van der Waals surface area contributed by atoms with Crippen LogP contribution in [0.25, 0.3) is 0 Å². The van der Waals surface area contributed by atoms with Crippen LogP contribution >= 0.6 is 0 Å². The zero-order valence-electron chi connectivity index (χ0n) is 16.3. The second-order valence-corrected chi connectivity index (χ2v) is 6.44. The van der Waals surface area contributed by atoms with Crippen molar-refractivity contribution in [2.24, 2.45) is 0 Å². The van der Waals surface area contributed by atoms with Crippen LogP contribution in [0, 0.1) is 23.0 Å². The summed E-state index contributed by atoms with van der Waals surface area (Å²) in [6, 6.07) is 18.0. The number of anilines is 1. The highest BCUT2D eigenvalue weighted by Crippen LogP contribution is 2.27. The third-order valence-corrected chi connectivity index (χ3v) is 4.32. The molecule has 1 atom stereocenters. The van der Waals surface area contributed by atoms with E-state index in [1.807, 2.05) is 6.07 Å². The lowest BCUT2D eigenvalue weighted by Crippen LogP contribution is -2.38. The predicted octanol–water partition coefficient (Wildman–Crippen LogP) is 5.06. The first-order chi connectivity index (χ1) is 14.4. The Labute approximate surface area is 172 Å². The fraction of sp³-hybridized carbons (Fsp3) is 0.130. The number of amides is 1. The van der Waals surface area contributed by atoms with Crippen LogP contribution in [-0.2, 0) is 4.79 Å². The van der Waals surface area contributed by atoms with Gasteiger partial charge in [0.1, 0.15) is 17.3 Å². The summed E-state index contributed by atoms with van der Waals surface area (Å²) in [5.41, 5.74) is 0.355. The van der Waals surface area contributed by atoms with Crippen molar-refractivity contribution in [2.45, 2.75) is 13.0 Å². The molecular weight excluding hydrogens is 390 g/mol. The molecule has 1 unspecified atom stereocenters. The normalized spacial score (nSPS) is 11.3. The maximum absolute atomic E-state index is 13.9. The smallest absolute Gasteiger partial charge is 0.267 e. The van der Waals surface area contributed by atoms with Gasteiger partial charge < -0.3 is 14.4 Å². The Morgan fingerprint density at radius 2 is 1.67 bits per heavy atom. The van der Waals surface area contributed by atoms with Gasteiger partial charge in [-0.25, -0.2) is 8.78 Å². The minimum atomic E-state index is -0.864. The maximum Gasteiger partial charge on any atom is 0.267 e. The van der Waals surface area contributed by atoms with Gasteiger partial charge in [-0.05, 0) is 61.5 Å². The summed E-state index contributed by atoms with van der Waals surface area (Å²) in [6.45, 7) is 1.57. The van der Waals surface area contributed by atoms with Crippen LogP contribution in [0.3, 0.4) is 0 Å². The molecule has 0 bridgehead atoms. The zero-order valence-corrected chi connectivity index (χ0v) is 16.3. The molecule has 0 spiro atoms. The van der Waals surface area contributed by atoms with E-state index in [0.29, 0.717) is 11.5 Å². The van der Waals surface area contributed by atoms with Crippen molar-refractivity contribution in [1.29, 1.82) is 5.26 Å². The van der Waals surface area contributed by atoms with Gasteiger partial charge in [-0.15, -0.1) is 0 Å². The van der Waals surface area contributed by atoms with Crippen LogP contribution in [0.15, 0.2) is 66.7 Å². The van der Waals surface area contributed by atoms with E-state index < -0.39 is 23.6 Å². The standard InChI is InChI=1S/C23H18F2N2O3/c1-15(23(28)27(2)21-6-4-3-5-19(21)24)29-17-8-10-18(11-9-17)30-22-12-7-16(14-26)13-20(22)25/h3-13,15H,1-2H3. The van der Waals surface area contributed by atoms with E-state index in [1.165, 1.54) is 36.2 Å². The van der Waals surface area contributed by atoms with Crippen LogP contribution in [0.5, 0.6) is 17.2 Å². The summed E-state index contributed by atoms with van der Waals surface area (Å²) in [5.74, 6) is -0.835. The minimum absolute atomic E-state index is 0.0160. The number of rotatable bonds is 6. The molecule has 0 radical (unpaired) electrons. The van der Waals surface area contributed by atoms with Gasteiger partial charge in [0, 0.05) is 7.05 Å². The molecule has 0 saturated carbocycles. The molecule has 0 aliphatic heterocycles. The van der Waals surface area contributed by atoms with Crippen LogP contribution in [-0.4, -0.2) is 19.1 Å². The molecule has 5 nitrogen and oxygen atoms in total. The van der Waals surface area contributed by atoms with Gasteiger partial charge in [0.2, 0.25) is 0 Å². The number of para-hydroxylation sites is 1. The largest absolute Gasteiger partial charge is 0.481 e. The van der Waals surface area contributed by atoms with Crippen molar-refractivity contribution in [3.05, 3.63) is 83.9 Å². The molecule has 0 aromatic heterocycles. The van der Waals surface area contributed by atoms with Gasteiger partial charge in [0.05, 0.1) is 17.3 Å². The number of nitriles is 1. The molecule has 3 aromatic rings. The molecule has 1 amide bonds. The summed E-state index contributed by atoms with van der Waals surface area (Å²) >= 11 is 0. The first-order valence-electron chi connectivity index (χ1n) is 9.05. The molecule has 0 fully saturated rings. The Kier molecular flexibility index (Phi) is 6.28. The average Bonchev–Trinajstić information content (AvgIpc) is 2.75. The van der Waals surface area contributed by atoms with Crippen LogP contribution in [0.2, 0.25) is 0 Å². The van der Waals surface area contributed by atoms with Gasteiger partial charge in [0.15, 0.2) is 17.7 Å². The second-order valence-electron chi connectivity index (χ2n) is 6.44. The van der Waals surface area contributed by atoms with E-state index in [0.717, 1.165) is 6.07 Å². The number of halogens is 2. The summed E-state index contributed by atoms with van der Waals surface area (Å²) in [7, 11) is 1.48. The number of carbonyl (C=O) groups is 1. The fourth-order valence-electron chi connectivity index (χ4n) is 2.74. The molecule has 30 heavy (non-hydrogen) atoms. The SMILES string of the molecule is CC(Oc1ccc(Oc2ccc(C#N)cc2F)cc1)C(=O)N(C)c1ccccc1F. The van der Waals surface area contributed by atoms with Crippen molar-refractivity contribution < 1.29 is 23.0 Å². The van der Waals surface area contributed by atoms with E-state index in [-0.39, 0.29) is 17.0 Å². The lowest BCUT2D eigenvalue weighted by Gasteiger charge is -2.22. The molecule has 7 heteroatoms. The average molecular weight is 408 g/mol. The highest BCUT2D eigenvalue weighted by Gasteiger charge is 2.22. The van der Waals surface area contributed by atoms with Gasteiger partial charge in [-0.1, -0.05) is 12.1 Å². The van der Waals surface area contributed by atoms with Crippen LogP contribution in [0.4, 0.5) is 14.5 Å². The monoisotopic (exact) mass is 408 g/mol. The highest BCUT2D eigenvalue weighted by atomic mass is 19.1. The number of nitrogens with zero attached hydrogens (tertiary/aromatic N) is 2. The summed E-state index contributed by atoms with van der Waals surface area (Å²) in [4.78, 5) is 13.7.